The molecule has 1 N–H and O–H groups in total. The lowest BCUT2D eigenvalue weighted by molar-refractivity contribution is 0.211. The van der Waals surface area contributed by atoms with E-state index in [0.29, 0.717) is 11.5 Å². The van der Waals surface area contributed by atoms with Crippen LogP contribution in [0.5, 0.6) is 5.75 Å². The fraction of sp³-hybridized carbons (Fsp3) is 0.250. The quantitative estimate of drug-likeness (QED) is 0.773. The summed E-state index contributed by atoms with van der Waals surface area (Å²) in [6.07, 6.45) is 6.81. The molecule has 3 aromatic rings. The molecular formula is C20H19NO2. The molecule has 0 amide bonds. The molecule has 1 fully saturated rings. The zero-order valence-electron chi connectivity index (χ0n) is 12.9. The molecule has 1 heterocycles. The van der Waals surface area contributed by atoms with Crippen LogP contribution in [0, 0.1) is 0 Å². The van der Waals surface area contributed by atoms with Crippen molar-refractivity contribution < 1.29 is 4.74 Å². The number of ether oxygens (including phenoxy) is 1. The maximum atomic E-state index is 11.8. The molecule has 1 aliphatic rings. The second kappa shape index (κ2) is 5.92. The molecule has 116 valence electrons. The molecule has 1 saturated carbocycles. The van der Waals surface area contributed by atoms with Crippen LogP contribution in [-0.4, -0.2) is 11.1 Å². The smallest absolute Gasteiger partial charge is 0.255 e. The van der Waals surface area contributed by atoms with Crippen LogP contribution in [0.1, 0.15) is 25.7 Å². The largest absolute Gasteiger partial charge is 0.490 e. The summed E-state index contributed by atoms with van der Waals surface area (Å²) in [6, 6.07) is 16.0. The van der Waals surface area contributed by atoms with E-state index in [9.17, 15) is 4.79 Å². The molecule has 0 saturated heterocycles. The Morgan fingerprint density at radius 1 is 1.00 bits per heavy atom. The molecule has 0 unspecified atom stereocenters. The third kappa shape index (κ3) is 2.74. The average Bonchev–Trinajstić information content (AvgIpc) is 3.08. The van der Waals surface area contributed by atoms with Crippen LogP contribution in [0.25, 0.3) is 21.9 Å². The number of benzene rings is 2. The van der Waals surface area contributed by atoms with Gasteiger partial charge in [-0.3, -0.25) is 4.79 Å². The van der Waals surface area contributed by atoms with Gasteiger partial charge in [0.15, 0.2) is 0 Å². The Kier molecular flexibility index (Phi) is 3.62. The molecule has 23 heavy (non-hydrogen) atoms. The average molecular weight is 305 g/mol. The Hall–Kier alpha value is -2.55. The number of rotatable bonds is 3. The first-order valence-corrected chi connectivity index (χ1v) is 8.19. The first kappa shape index (κ1) is 14.1. The Balaban J connectivity index is 1.76. The van der Waals surface area contributed by atoms with Crippen molar-refractivity contribution in [2.75, 3.05) is 0 Å². The maximum Gasteiger partial charge on any atom is 0.255 e. The molecule has 0 atom stereocenters. The number of H-pyrrole nitrogens is 1. The summed E-state index contributed by atoms with van der Waals surface area (Å²) in [6.45, 7) is 0. The highest BCUT2D eigenvalue weighted by molar-refractivity contribution is 5.87. The van der Waals surface area contributed by atoms with Gasteiger partial charge in [0.05, 0.1) is 6.10 Å². The topological polar surface area (TPSA) is 42.1 Å². The van der Waals surface area contributed by atoms with Gasteiger partial charge in [0.25, 0.3) is 5.56 Å². The van der Waals surface area contributed by atoms with Gasteiger partial charge in [0.2, 0.25) is 0 Å². The molecule has 0 aliphatic heterocycles. The minimum atomic E-state index is -0.0514. The molecule has 0 radical (unpaired) electrons. The van der Waals surface area contributed by atoms with E-state index in [2.05, 4.69) is 17.1 Å². The highest BCUT2D eigenvalue weighted by Crippen LogP contribution is 2.34. The summed E-state index contributed by atoms with van der Waals surface area (Å²) in [5.41, 5.74) is 2.11. The van der Waals surface area contributed by atoms with Crippen LogP contribution in [0.2, 0.25) is 0 Å². The van der Waals surface area contributed by atoms with Crippen LogP contribution >= 0.6 is 0 Å². The van der Waals surface area contributed by atoms with E-state index in [4.69, 9.17) is 4.74 Å². The molecule has 0 spiro atoms. The van der Waals surface area contributed by atoms with Crippen molar-refractivity contribution in [1.82, 2.24) is 4.98 Å². The number of aromatic nitrogens is 1. The van der Waals surface area contributed by atoms with Gasteiger partial charge in [0.1, 0.15) is 5.75 Å². The van der Waals surface area contributed by atoms with Crippen molar-refractivity contribution in [2.45, 2.75) is 31.8 Å². The molecule has 3 heteroatoms. The van der Waals surface area contributed by atoms with Gasteiger partial charge in [-0.1, -0.05) is 24.3 Å². The van der Waals surface area contributed by atoms with Crippen LogP contribution in [0.15, 0.2) is 59.5 Å². The molecule has 2 aromatic carbocycles. The number of para-hydroxylation sites is 1. The zero-order valence-corrected chi connectivity index (χ0v) is 12.9. The Morgan fingerprint density at radius 2 is 1.83 bits per heavy atom. The van der Waals surface area contributed by atoms with E-state index >= 15 is 0 Å². The molecular weight excluding hydrogens is 286 g/mol. The second-order valence-corrected chi connectivity index (χ2v) is 6.13. The fourth-order valence-corrected chi connectivity index (χ4v) is 3.35. The van der Waals surface area contributed by atoms with Crippen LogP contribution in [-0.2, 0) is 0 Å². The lowest BCUT2D eigenvalue weighted by Gasteiger charge is -2.16. The highest BCUT2D eigenvalue weighted by atomic mass is 16.5. The Bertz CT molecular complexity index is 891. The van der Waals surface area contributed by atoms with Gasteiger partial charge in [-0.15, -0.1) is 0 Å². The summed E-state index contributed by atoms with van der Waals surface area (Å²) in [5.74, 6) is 0.934. The van der Waals surface area contributed by atoms with Gasteiger partial charge in [-0.2, -0.15) is 0 Å². The molecule has 3 nitrogen and oxygen atoms in total. The number of fused-ring (bicyclic) bond motifs is 1. The SMILES string of the molecule is O=c1[nH]ccc2cc(-c3ccccc3OC3CCCC3)ccc12. The molecule has 1 aliphatic carbocycles. The minimum Gasteiger partial charge on any atom is -0.490 e. The van der Waals surface area contributed by atoms with Crippen LogP contribution in [0.4, 0.5) is 0 Å². The summed E-state index contributed by atoms with van der Waals surface area (Å²) in [4.78, 5) is 14.6. The van der Waals surface area contributed by atoms with E-state index in [1.165, 1.54) is 12.8 Å². The fourth-order valence-electron chi connectivity index (χ4n) is 3.35. The van der Waals surface area contributed by atoms with E-state index in [1.54, 1.807) is 6.20 Å². The van der Waals surface area contributed by atoms with Gasteiger partial charge >= 0.3 is 0 Å². The van der Waals surface area contributed by atoms with Gasteiger partial charge in [-0.05, 0) is 60.9 Å². The van der Waals surface area contributed by atoms with E-state index in [1.807, 2.05) is 36.4 Å². The first-order chi connectivity index (χ1) is 11.3. The normalized spacial score (nSPS) is 15.1. The third-order valence-electron chi connectivity index (χ3n) is 4.57. The number of pyridine rings is 1. The Labute approximate surface area is 134 Å². The number of nitrogens with one attached hydrogen (secondary N) is 1. The van der Waals surface area contributed by atoms with Crippen molar-refractivity contribution in [3.63, 3.8) is 0 Å². The van der Waals surface area contributed by atoms with Crippen molar-refractivity contribution in [2.24, 2.45) is 0 Å². The van der Waals surface area contributed by atoms with Gasteiger partial charge in [-0.25, -0.2) is 0 Å². The lowest BCUT2D eigenvalue weighted by atomic mass is 10.0. The lowest BCUT2D eigenvalue weighted by Crippen LogP contribution is -2.11. The van der Waals surface area contributed by atoms with Crippen LogP contribution in [0.3, 0.4) is 0 Å². The Morgan fingerprint density at radius 3 is 2.70 bits per heavy atom. The van der Waals surface area contributed by atoms with E-state index in [-0.39, 0.29) is 5.56 Å². The van der Waals surface area contributed by atoms with E-state index < -0.39 is 0 Å². The summed E-state index contributed by atoms with van der Waals surface area (Å²) < 4.78 is 6.23. The number of hydrogen-bond acceptors (Lipinski definition) is 2. The maximum absolute atomic E-state index is 11.8. The van der Waals surface area contributed by atoms with Gasteiger partial charge < -0.3 is 9.72 Å². The predicted octanol–water partition coefficient (Wildman–Crippen LogP) is 4.52. The van der Waals surface area contributed by atoms with Gasteiger partial charge in [0, 0.05) is 17.1 Å². The number of hydrogen-bond donors (Lipinski definition) is 1. The summed E-state index contributed by atoms with van der Waals surface area (Å²) in [5, 5.41) is 1.66. The van der Waals surface area contributed by atoms with Crippen molar-refractivity contribution in [3.8, 4) is 16.9 Å². The minimum absolute atomic E-state index is 0.0514. The second-order valence-electron chi connectivity index (χ2n) is 6.13. The first-order valence-electron chi connectivity index (χ1n) is 8.19. The standard InChI is InChI=1S/C20H19NO2/c22-20-18-10-9-14(13-15(18)11-12-21-20)17-7-3-4-8-19(17)23-16-5-1-2-6-16/h3-4,7-13,16H,1-2,5-6H2,(H,21,22). The van der Waals surface area contributed by atoms with Crippen molar-refractivity contribution >= 4 is 10.8 Å². The number of aromatic amines is 1. The zero-order chi connectivity index (χ0) is 15.6. The van der Waals surface area contributed by atoms with Crippen LogP contribution < -0.4 is 10.3 Å². The molecule has 0 bridgehead atoms. The van der Waals surface area contributed by atoms with Crippen molar-refractivity contribution in [3.05, 3.63) is 65.1 Å². The molecule has 1 aromatic heterocycles. The third-order valence-corrected chi connectivity index (χ3v) is 4.57. The van der Waals surface area contributed by atoms with Crippen molar-refractivity contribution in [1.29, 1.82) is 0 Å². The molecule has 4 rings (SSSR count). The van der Waals surface area contributed by atoms with E-state index in [0.717, 1.165) is 35.1 Å². The highest BCUT2D eigenvalue weighted by Gasteiger charge is 2.18. The summed E-state index contributed by atoms with van der Waals surface area (Å²) in [7, 11) is 0. The monoisotopic (exact) mass is 305 g/mol. The summed E-state index contributed by atoms with van der Waals surface area (Å²) >= 11 is 0. The predicted molar refractivity (Wildman–Crippen MR) is 92.9 cm³/mol.